The number of benzene rings is 1. The van der Waals surface area contributed by atoms with Crippen LogP contribution in [0, 0.1) is 5.82 Å². The third-order valence-electron chi connectivity index (χ3n) is 2.74. The predicted molar refractivity (Wildman–Crippen MR) is 70.5 cm³/mol. The van der Waals surface area contributed by atoms with Crippen LogP contribution in [0.3, 0.4) is 0 Å². The van der Waals surface area contributed by atoms with Crippen molar-refractivity contribution in [1.29, 1.82) is 0 Å². The average Bonchev–Trinajstić information content (AvgIpc) is 2.48. The number of hydrogen-bond acceptors (Lipinski definition) is 5. The SMILES string of the molecule is COC(=O)C(=O)CC(=O)N(CCc1ccc(F)cc1)OC. The van der Waals surface area contributed by atoms with E-state index in [2.05, 4.69) is 4.74 Å². The molecule has 7 heteroatoms. The number of nitrogens with zero attached hydrogens (tertiary/aromatic N) is 1. The lowest BCUT2D eigenvalue weighted by Gasteiger charge is -2.19. The molecule has 1 rings (SSSR count). The molecule has 0 unspecified atom stereocenters. The molecule has 0 aliphatic carbocycles. The van der Waals surface area contributed by atoms with Gasteiger partial charge in [-0.3, -0.25) is 14.4 Å². The monoisotopic (exact) mass is 297 g/mol. The maximum absolute atomic E-state index is 12.8. The fraction of sp³-hybridized carbons (Fsp3) is 0.357. The van der Waals surface area contributed by atoms with Crippen LogP contribution < -0.4 is 0 Å². The van der Waals surface area contributed by atoms with Crippen molar-refractivity contribution in [3.05, 3.63) is 35.6 Å². The first-order valence-corrected chi connectivity index (χ1v) is 6.18. The van der Waals surface area contributed by atoms with Crippen LogP contribution in [0.5, 0.6) is 0 Å². The van der Waals surface area contributed by atoms with Crippen LogP contribution >= 0.6 is 0 Å². The number of hydrogen-bond donors (Lipinski definition) is 0. The largest absolute Gasteiger partial charge is 0.463 e. The summed E-state index contributed by atoms with van der Waals surface area (Å²) >= 11 is 0. The molecule has 0 fully saturated rings. The molecule has 0 aliphatic heterocycles. The van der Waals surface area contributed by atoms with Gasteiger partial charge in [-0.15, -0.1) is 0 Å². The van der Waals surface area contributed by atoms with E-state index in [1.807, 2.05) is 0 Å². The summed E-state index contributed by atoms with van der Waals surface area (Å²) in [6.07, 6.45) is -0.198. The van der Waals surface area contributed by atoms with Crippen molar-refractivity contribution >= 4 is 17.7 Å². The number of carbonyl (C=O) groups is 3. The molecule has 0 atom stereocenters. The first kappa shape index (κ1) is 16.8. The van der Waals surface area contributed by atoms with Gasteiger partial charge in [0.25, 0.3) is 5.91 Å². The summed E-state index contributed by atoms with van der Waals surface area (Å²) in [6, 6.07) is 5.81. The summed E-state index contributed by atoms with van der Waals surface area (Å²) in [4.78, 5) is 38.9. The Morgan fingerprint density at radius 3 is 2.29 bits per heavy atom. The number of hydroxylamine groups is 2. The van der Waals surface area contributed by atoms with Gasteiger partial charge < -0.3 is 4.74 Å². The van der Waals surface area contributed by atoms with Gasteiger partial charge in [0.2, 0.25) is 5.78 Å². The molecule has 114 valence electrons. The van der Waals surface area contributed by atoms with Crippen LogP contribution in [0.1, 0.15) is 12.0 Å². The molecule has 1 aromatic carbocycles. The highest BCUT2D eigenvalue weighted by Crippen LogP contribution is 2.06. The second-order valence-corrected chi connectivity index (χ2v) is 4.15. The number of ether oxygens (including phenoxy) is 1. The third-order valence-corrected chi connectivity index (χ3v) is 2.74. The fourth-order valence-electron chi connectivity index (χ4n) is 1.61. The van der Waals surface area contributed by atoms with E-state index in [0.29, 0.717) is 6.42 Å². The summed E-state index contributed by atoms with van der Waals surface area (Å²) < 4.78 is 17.0. The Labute approximate surface area is 121 Å². The zero-order chi connectivity index (χ0) is 15.8. The summed E-state index contributed by atoms with van der Waals surface area (Å²) in [5, 5.41) is 0.976. The molecule has 21 heavy (non-hydrogen) atoms. The molecule has 0 radical (unpaired) electrons. The normalized spacial score (nSPS) is 10.0. The summed E-state index contributed by atoms with van der Waals surface area (Å²) in [5.41, 5.74) is 0.811. The summed E-state index contributed by atoms with van der Waals surface area (Å²) in [6.45, 7) is 0.176. The smallest absolute Gasteiger partial charge is 0.374 e. The van der Waals surface area contributed by atoms with Gasteiger partial charge in [-0.1, -0.05) is 12.1 Å². The van der Waals surface area contributed by atoms with Gasteiger partial charge in [-0.05, 0) is 24.1 Å². The van der Waals surface area contributed by atoms with Gasteiger partial charge in [-0.2, -0.15) is 0 Å². The number of methoxy groups -OCH3 is 1. The van der Waals surface area contributed by atoms with Crippen LogP contribution in [0.2, 0.25) is 0 Å². The Kier molecular flexibility index (Phi) is 6.48. The highest BCUT2D eigenvalue weighted by atomic mass is 19.1. The average molecular weight is 297 g/mol. The predicted octanol–water partition coefficient (Wildman–Crippen LogP) is 0.890. The van der Waals surface area contributed by atoms with Crippen LogP contribution in [-0.2, 0) is 30.4 Å². The van der Waals surface area contributed by atoms with Crippen molar-refractivity contribution < 1.29 is 28.3 Å². The molecule has 6 nitrogen and oxygen atoms in total. The number of Topliss-reactive ketones (excluding diaryl/α,β-unsaturated/α-hetero) is 1. The number of esters is 1. The zero-order valence-electron chi connectivity index (χ0n) is 11.8. The summed E-state index contributed by atoms with van der Waals surface area (Å²) in [7, 11) is 2.35. The van der Waals surface area contributed by atoms with Gasteiger partial charge in [0.05, 0.1) is 27.2 Å². The van der Waals surface area contributed by atoms with E-state index in [1.54, 1.807) is 12.1 Å². The van der Waals surface area contributed by atoms with Crippen LogP contribution in [0.25, 0.3) is 0 Å². The topological polar surface area (TPSA) is 72.9 Å². The fourth-order valence-corrected chi connectivity index (χ4v) is 1.61. The lowest BCUT2D eigenvalue weighted by atomic mass is 10.1. The van der Waals surface area contributed by atoms with E-state index < -0.39 is 24.1 Å². The Hall–Kier alpha value is -2.28. The van der Waals surface area contributed by atoms with E-state index >= 15 is 0 Å². The molecule has 0 saturated carbocycles. The molecule has 0 bridgehead atoms. The van der Waals surface area contributed by atoms with Crippen molar-refractivity contribution in [1.82, 2.24) is 5.06 Å². The number of ketones is 1. The van der Waals surface area contributed by atoms with Gasteiger partial charge in [0.15, 0.2) is 0 Å². The molecule has 0 spiro atoms. The lowest BCUT2D eigenvalue weighted by Crippen LogP contribution is -2.34. The zero-order valence-corrected chi connectivity index (χ0v) is 11.8. The molecule has 0 N–H and O–H groups in total. The number of halogens is 1. The second-order valence-electron chi connectivity index (χ2n) is 4.15. The van der Waals surface area contributed by atoms with Gasteiger partial charge in [0.1, 0.15) is 5.82 Å². The minimum Gasteiger partial charge on any atom is -0.463 e. The minimum absolute atomic E-state index is 0.176. The van der Waals surface area contributed by atoms with Crippen molar-refractivity contribution in [3.63, 3.8) is 0 Å². The maximum atomic E-state index is 12.8. The molecule has 0 heterocycles. The van der Waals surface area contributed by atoms with Crippen molar-refractivity contribution in [2.75, 3.05) is 20.8 Å². The first-order chi connectivity index (χ1) is 9.97. The Morgan fingerprint density at radius 2 is 1.76 bits per heavy atom. The molecule has 0 saturated heterocycles. The van der Waals surface area contributed by atoms with Crippen LogP contribution in [0.15, 0.2) is 24.3 Å². The van der Waals surface area contributed by atoms with E-state index in [0.717, 1.165) is 17.7 Å². The first-order valence-electron chi connectivity index (χ1n) is 6.18. The Bertz CT molecular complexity index is 515. The Morgan fingerprint density at radius 1 is 1.14 bits per heavy atom. The number of carbonyl (C=O) groups excluding carboxylic acids is 3. The molecule has 0 aliphatic rings. The third kappa shape index (κ3) is 5.31. The second kappa shape index (κ2) is 8.11. The summed E-state index contributed by atoms with van der Waals surface area (Å²) in [5.74, 6) is -3.00. The lowest BCUT2D eigenvalue weighted by molar-refractivity contribution is -0.177. The van der Waals surface area contributed by atoms with Crippen molar-refractivity contribution in [2.24, 2.45) is 0 Å². The highest BCUT2D eigenvalue weighted by molar-refractivity contribution is 6.36. The van der Waals surface area contributed by atoms with E-state index in [4.69, 9.17) is 4.84 Å². The minimum atomic E-state index is -1.07. The molecule has 1 aromatic rings. The van der Waals surface area contributed by atoms with E-state index in [-0.39, 0.29) is 12.4 Å². The Balaban J connectivity index is 2.54. The van der Waals surface area contributed by atoms with Crippen molar-refractivity contribution in [3.8, 4) is 0 Å². The van der Waals surface area contributed by atoms with E-state index in [9.17, 15) is 18.8 Å². The quantitative estimate of drug-likeness (QED) is 0.323. The standard InChI is InChI=1S/C14H16FNO5/c1-20-14(19)12(17)9-13(18)16(21-2)8-7-10-3-5-11(15)6-4-10/h3-6H,7-9H2,1-2H3. The van der Waals surface area contributed by atoms with Crippen molar-refractivity contribution in [2.45, 2.75) is 12.8 Å². The van der Waals surface area contributed by atoms with E-state index in [1.165, 1.54) is 19.2 Å². The van der Waals surface area contributed by atoms with Crippen LogP contribution in [-0.4, -0.2) is 43.5 Å². The van der Waals surface area contributed by atoms with Crippen LogP contribution in [0.4, 0.5) is 4.39 Å². The number of rotatable bonds is 7. The van der Waals surface area contributed by atoms with Gasteiger partial charge in [0, 0.05) is 0 Å². The maximum Gasteiger partial charge on any atom is 0.374 e. The highest BCUT2D eigenvalue weighted by Gasteiger charge is 2.22. The molecule has 0 aromatic heterocycles. The van der Waals surface area contributed by atoms with Gasteiger partial charge >= 0.3 is 5.97 Å². The number of amides is 1. The van der Waals surface area contributed by atoms with Gasteiger partial charge in [-0.25, -0.2) is 14.2 Å². The molecular formula is C14H16FNO5. The molecule has 1 amide bonds. The molecular weight excluding hydrogens is 281 g/mol.